The van der Waals surface area contributed by atoms with Crippen LogP contribution in [0.3, 0.4) is 0 Å². The van der Waals surface area contributed by atoms with Gasteiger partial charge < -0.3 is 15.8 Å². The molecule has 3 rings (SSSR count). The molecule has 1 atom stereocenters. The van der Waals surface area contributed by atoms with E-state index in [9.17, 15) is 9.59 Å². The maximum Gasteiger partial charge on any atom is 0.253 e. The summed E-state index contributed by atoms with van der Waals surface area (Å²) in [5.74, 6) is -0.399. The highest BCUT2D eigenvalue weighted by Crippen LogP contribution is 2.18. The molecule has 2 amide bonds. The molecule has 3 aromatic carbocycles. The Morgan fingerprint density at radius 2 is 1.62 bits per heavy atom. The van der Waals surface area contributed by atoms with Crippen molar-refractivity contribution < 1.29 is 14.3 Å². The van der Waals surface area contributed by atoms with Crippen LogP contribution in [0.15, 0.2) is 78.9 Å². The second kappa shape index (κ2) is 9.75. The van der Waals surface area contributed by atoms with Crippen molar-refractivity contribution in [2.45, 2.75) is 19.1 Å². The molecule has 0 saturated carbocycles. The number of primary amides is 1. The lowest BCUT2D eigenvalue weighted by atomic mass is 10.0. The molecule has 0 aliphatic rings. The summed E-state index contributed by atoms with van der Waals surface area (Å²) in [5, 5.41) is 2.97. The maximum atomic E-state index is 12.5. The summed E-state index contributed by atoms with van der Waals surface area (Å²) in [4.78, 5) is 24.4. The first-order valence-electron chi connectivity index (χ1n) is 9.13. The largest absolute Gasteiger partial charge is 0.489 e. The van der Waals surface area contributed by atoms with Crippen molar-refractivity contribution in [1.29, 1.82) is 0 Å². The zero-order chi connectivity index (χ0) is 20.6. The van der Waals surface area contributed by atoms with Gasteiger partial charge >= 0.3 is 0 Å². The molecule has 0 saturated heterocycles. The van der Waals surface area contributed by atoms with E-state index in [2.05, 4.69) is 5.32 Å². The van der Waals surface area contributed by atoms with Gasteiger partial charge in [0.1, 0.15) is 18.4 Å². The van der Waals surface area contributed by atoms with E-state index in [0.29, 0.717) is 22.9 Å². The molecule has 6 heteroatoms. The first-order chi connectivity index (χ1) is 14.0. The van der Waals surface area contributed by atoms with E-state index >= 15 is 0 Å². The second-order valence-electron chi connectivity index (χ2n) is 6.53. The van der Waals surface area contributed by atoms with E-state index in [-0.39, 0.29) is 6.42 Å². The molecule has 0 radical (unpaired) electrons. The first-order valence-corrected chi connectivity index (χ1v) is 9.51. The number of hydrogen-bond acceptors (Lipinski definition) is 3. The van der Waals surface area contributed by atoms with Crippen LogP contribution in [0, 0.1) is 0 Å². The minimum atomic E-state index is -0.872. The van der Waals surface area contributed by atoms with Crippen LogP contribution < -0.4 is 15.8 Å². The number of nitrogens with two attached hydrogens (primary N) is 1. The zero-order valence-electron chi connectivity index (χ0n) is 15.7. The molecular formula is C23H21ClN2O3. The molecule has 3 N–H and O–H groups in total. The predicted molar refractivity (Wildman–Crippen MR) is 113 cm³/mol. The number of hydrogen-bond donors (Lipinski definition) is 2. The van der Waals surface area contributed by atoms with Crippen LogP contribution in [0.5, 0.6) is 5.75 Å². The van der Waals surface area contributed by atoms with Gasteiger partial charge in [-0.3, -0.25) is 9.59 Å². The Labute approximate surface area is 174 Å². The Hall–Kier alpha value is -3.31. The van der Waals surface area contributed by atoms with E-state index in [0.717, 1.165) is 11.1 Å². The highest BCUT2D eigenvalue weighted by Gasteiger charge is 2.21. The van der Waals surface area contributed by atoms with Gasteiger partial charge in [0, 0.05) is 6.42 Å². The monoisotopic (exact) mass is 408 g/mol. The van der Waals surface area contributed by atoms with Crippen molar-refractivity contribution in [2.24, 2.45) is 5.73 Å². The van der Waals surface area contributed by atoms with E-state index < -0.39 is 17.9 Å². The Kier molecular flexibility index (Phi) is 6.87. The quantitative estimate of drug-likeness (QED) is 0.595. The molecule has 0 aliphatic heterocycles. The SMILES string of the molecule is NC(=O)[C@H](Cc1cccc(OCc2ccccc2)c1)NC(=O)c1ccccc1Cl. The molecule has 0 unspecified atom stereocenters. The molecule has 0 bridgehead atoms. The number of ether oxygens (including phenoxy) is 1. The van der Waals surface area contributed by atoms with Crippen LogP contribution in [-0.2, 0) is 17.8 Å². The summed E-state index contributed by atoms with van der Waals surface area (Å²) < 4.78 is 5.82. The average Bonchev–Trinajstić information content (AvgIpc) is 2.73. The van der Waals surface area contributed by atoms with Crippen molar-refractivity contribution in [2.75, 3.05) is 0 Å². The Bertz CT molecular complexity index is 992. The minimum absolute atomic E-state index is 0.244. The molecule has 0 heterocycles. The van der Waals surface area contributed by atoms with Gasteiger partial charge in [-0.05, 0) is 35.4 Å². The summed E-state index contributed by atoms with van der Waals surface area (Å²) in [7, 11) is 0. The number of carbonyl (C=O) groups is 2. The molecule has 0 spiro atoms. The zero-order valence-corrected chi connectivity index (χ0v) is 16.4. The Balaban J connectivity index is 1.66. The van der Waals surface area contributed by atoms with Crippen LogP contribution in [0.25, 0.3) is 0 Å². The second-order valence-corrected chi connectivity index (χ2v) is 6.94. The molecule has 0 aliphatic carbocycles. The van der Waals surface area contributed by atoms with E-state index in [4.69, 9.17) is 22.1 Å². The van der Waals surface area contributed by atoms with Gasteiger partial charge in [0.15, 0.2) is 0 Å². The van der Waals surface area contributed by atoms with Gasteiger partial charge in [-0.2, -0.15) is 0 Å². The fourth-order valence-corrected chi connectivity index (χ4v) is 3.06. The molecule has 29 heavy (non-hydrogen) atoms. The summed E-state index contributed by atoms with van der Waals surface area (Å²) in [6.45, 7) is 0.437. The van der Waals surface area contributed by atoms with Gasteiger partial charge in [0.05, 0.1) is 10.6 Å². The van der Waals surface area contributed by atoms with Gasteiger partial charge in [-0.1, -0.05) is 66.2 Å². The molecule has 5 nitrogen and oxygen atoms in total. The van der Waals surface area contributed by atoms with Crippen molar-refractivity contribution in [1.82, 2.24) is 5.32 Å². The van der Waals surface area contributed by atoms with Crippen molar-refractivity contribution in [3.63, 3.8) is 0 Å². The molecule has 0 aromatic heterocycles. The van der Waals surface area contributed by atoms with Crippen molar-refractivity contribution in [3.8, 4) is 5.75 Å². The highest BCUT2D eigenvalue weighted by molar-refractivity contribution is 6.33. The average molecular weight is 409 g/mol. The standard InChI is InChI=1S/C23H21ClN2O3/c24-20-12-5-4-11-19(20)23(28)26-21(22(25)27)14-17-9-6-10-18(13-17)29-15-16-7-2-1-3-8-16/h1-13,21H,14-15H2,(H2,25,27)(H,26,28)/t21-/m0/s1. The molecular weight excluding hydrogens is 388 g/mol. The van der Waals surface area contributed by atoms with Gasteiger partial charge in [0.25, 0.3) is 5.91 Å². The maximum absolute atomic E-state index is 12.5. The third-order valence-corrected chi connectivity index (χ3v) is 4.68. The molecule has 3 aromatic rings. The smallest absolute Gasteiger partial charge is 0.253 e. The lowest BCUT2D eigenvalue weighted by molar-refractivity contribution is -0.119. The third-order valence-electron chi connectivity index (χ3n) is 4.35. The lowest BCUT2D eigenvalue weighted by Crippen LogP contribution is -2.45. The Morgan fingerprint density at radius 1 is 0.931 bits per heavy atom. The van der Waals surface area contributed by atoms with Gasteiger partial charge in [-0.15, -0.1) is 0 Å². The highest BCUT2D eigenvalue weighted by atomic mass is 35.5. The van der Waals surface area contributed by atoms with E-state index in [1.54, 1.807) is 24.3 Å². The van der Waals surface area contributed by atoms with Gasteiger partial charge in [-0.25, -0.2) is 0 Å². The number of nitrogens with one attached hydrogen (secondary N) is 1. The number of amides is 2. The van der Waals surface area contributed by atoms with Crippen LogP contribution in [0.1, 0.15) is 21.5 Å². The number of halogens is 1. The summed E-state index contributed by atoms with van der Waals surface area (Å²) >= 11 is 6.05. The lowest BCUT2D eigenvalue weighted by Gasteiger charge is -2.17. The predicted octanol–water partition coefficient (Wildman–Crippen LogP) is 3.75. The van der Waals surface area contributed by atoms with Crippen LogP contribution in [0.4, 0.5) is 0 Å². The topological polar surface area (TPSA) is 81.4 Å². The first kappa shape index (κ1) is 20.4. The Morgan fingerprint density at radius 3 is 2.34 bits per heavy atom. The van der Waals surface area contributed by atoms with Crippen LogP contribution in [-0.4, -0.2) is 17.9 Å². The third kappa shape index (κ3) is 5.83. The molecule has 0 fully saturated rings. The van der Waals surface area contributed by atoms with Crippen LogP contribution >= 0.6 is 11.6 Å². The van der Waals surface area contributed by atoms with E-state index in [1.165, 1.54) is 0 Å². The number of carbonyl (C=O) groups excluding carboxylic acids is 2. The van der Waals surface area contributed by atoms with Crippen LogP contribution in [0.2, 0.25) is 5.02 Å². The number of rotatable bonds is 8. The van der Waals surface area contributed by atoms with E-state index in [1.807, 2.05) is 54.6 Å². The fourth-order valence-electron chi connectivity index (χ4n) is 2.84. The van der Waals surface area contributed by atoms with Crippen molar-refractivity contribution in [3.05, 3.63) is 101 Å². The summed E-state index contributed by atoms with van der Waals surface area (Å²) in [6, 6.07) is 23.0. The summed E-state index contributed by atoms with van der Waals surface area (Å²) in [6.07, 6.45) is 0.244. The van der Waals surface area contributed by atoms with Crippen molar-refractivity contribution >= 4 is 23.4 Å². The minimum Gasteiger partial charge on any atom is -0.489 e. The fraction of sp³-hybridized carbons (Fsp3) is 0.130. The number of benzene rings is 3. The normalized spacial score (nSPS) is 11.5. The molecule has 148 valence electrons. The van der Waals surface area contributed by atoms with Gasteiger partial charge in [0.2, 0.25) is 5.91 Å². The summed E-state index contributed by atoms with van der Waals surface area (Å²) in [5.41, 5.74) is 7.67.